The van der Waals surface area contributed by atoms with Gasteiger partial charge in [0.2, 0.25) is 5.91 Å². The zero-order valence-electron chi connectivity index (χ0n) is 12.8. The number of rotatable bonds is 5. The summed E-state index contributed by atoms with van der Waals surface area (Å²) < 4.78 is 5.16. The molecule has 0 bridgehead atoms. The molecule has 0 aliphatic carbocycles. The van der Waals surface area contributed by atoms with E-state index in [-0.39, 0.29) is 5.91 Å². The number of nitrogens with zero attached hydrogens (tertiary/aromatic N) is 1. The Balaban J connectivity index is 1.59. The summed E-state index contributed by atoms with van der Waals surface area (Å²) in [6.07, 6.45) is 3.57. The molecule has 3 rings (SSSR count). The summed E-state index contributed by atoms with van der Waals surface area (Å²) in [7, 11) is 1.66. The lowest BCUT2D eigenvalue weighted by molar-refractivity contribution is -0.132. The monoisotopic (exact) mass is 315 g/mol. The van der Waals surface area contributed by atoms with Gasteiger partial charge in [-0.1, -0.05) is 18.2 Å². The first-order valence-electron chi connectivity index (χ1n) is 7.74. The average Bonchev–Trinajstić information content (AvgIpc) is 3.23. The third-order valence-electron chi connectivity index (χ3n) is 4.23. The number of hydrogen-bond acceptors (Lipinski definition) is 3. The molecule has 0 saturated carbocycles. The highest BCUT2D eigenvalue weighted by atomic mass is 32.1. The minimum Gasteiger partial charge on any atom is -0.497 e. The summed E-state index contributed by atoms with van der Waals surface area (Å²) in [5.41, 5.74) is 1.18. The second-order valence-corrected chi connectivity index (χ2v) is 6.59. The summed E-state index contributed by atoms with van der Waals surface area (Å²) in [4.78, 5) is 15.9. The van der Waals surface area contributed by atoms with Crippen LogP contribution >= 0.6 is 11.3 Å². The molecule has 22 heavy (non-hydrogen) atoms. The molecule has 1 aromatic heterocycles. The minimum atomic E-state index is 0.270. The Hall–Kier alpha value is -1.81. The predicted octanol–water partition coefficient (Wildman–Crippen LogP) is 4.05. The Labute approximate surface area is 135 Å². The topological polar surface area (TPSA) is 29.5 Å². The molecule has 1 fully saturated rings. The van der Waals surface area contributed by atoms with E-state index in [1.807, 2.05) is 24.3 Å². The van der Waals surface area contributed by atoms with Gasteiger partial charge in [-0.15, -0.1) is 11.3 Å². The molecule has 0 N–H and O–H groups in total. The molecule has 1 saturated heterocycles. The molecule has 4 heteroatoms. The standard InChI is InChI=1S/C18H21NO2S/c1-21-15-9-6-14(7-10-15)8-11-18(20)19-12-2-4-16(19)17-5-3-13-22-17/h3,5-7,9-10,13,16H,2,4,8,11-12H2,1H3/t16-/m0/s1. The van der Waals surface area contributed by atoms with Crippen molar-refractivity contribution in [3.05, 3.63) is 52.2 Å². The quantitative estimate of drug-likeness (QED) is 0.833. The van der Waals surface area contributed by atoms with E-state index in [1.54, 1.807) is 18.4 Å². The molecule has 1 aliphatic rings. The third kappa shape index (κ3) is 3.33. The first-order valence-corrected chi connectivity index (χ1v) is 8.61. The van der Waals surface area contributed by atoms with Gasteiger partial charge in [-0.2, -0.15) is 0 Å². The molecule has 0 spiro atoms. The number of carbonyl (C=O) groups is 1. The molecule has 2 heterocycles. The maximum Gasteiger partial charge on any atom is 0.223 e. The summed E-state index contributed by atoms with van der Waals surface area (Å²) in [5.74, 6) is 1.12. The van der Waals surface area contributed by atoms with Gasteiger partial charge in [-0.05, 0) is 48.4 Å². The number of carbonyl (C=O) groups excluding carboxylic acids is 1. The maximum atomic E-state index is 12.6. The number of thiophene rings is 1. The van der Waals surface area contributed by atoms with Gasteiger partial charge in [-0.25, -0.2) is 0 Å². The van der Waals surface area contributed by atoms with Gasteiger partial charge >= 0.3 is 0 Å². The molecule has 1 aliphatic heterocycles. The van der Waals surface area contributed by atoms with Crippen LogP contribution in [0.1, 0.15) is 35.7 Å². The maximum absolute atomic E-state index is 12.6. The predicted molar refractivity (Wildman–Crippen MR) is 89.3 cm³/mol. The van der Waals surface area contributed by atoms with E-state index in [2.05, 4.69) is 22.4 Å². The number of amides is 1. The number of hydrogen-bond donors (Lipinski definition) is 0. The summed E-state index contributed by atoms with van der Waals surface area (Å²) in [5, 5.41) is 2.09. The van der Waals surface area contributed by atoms with E-state index in [9.17, 15) is 4.79 Å². The van der Waals surface area contributed by atoms with Gasteiger partial charge < -0.3 is 9.64 Å². The van der Waals surface area contributed by atoms with Gasteiger partial charge in [0.1, 0.15) is 5.75 Å². The first kappa shape index (κ1) is 15.1. The normalized spacial score (nSPS) is 17.7. The average molecular weight is 315 g/mol. The van der Waals surface area contributed by atoms with Crippen molar-refractivity contribution in [1.82, 2.24) is 4.90 Å². The fraction of sp³-hybridized carbons (Fsp3) is 0.389. The molecule has 1 aromatic carbocycles. The Morgan fingerprint density at radius 3 is 2.82 bits per heavy atom. The van der Waals surface area contributed by atoms with E-state index in [0.717, 1.165) is 31.6 Å². The Bertz CT molecular complexity index is 607. The molecule has 3 nitrogen and oxygen atoms in total. The molecule has 1 atom stereocenters. The fourth-order valence-corrected chi connectivity index (χ4v) is 3.90. The highest BCUT2D eigenvalue weighted by molar-refractivity contribution is 7.10. The number of ether oxygens (including phenoxy) is 1. The molecule has 0 unspecified atom stereocenters. The van der Waals surface area contributed by atoms with Crippen molar-refractivity contribution < 1.29 is 9.53 Å². The van der Waals surface area contributed by atoms with Crippen molar-refractivity contribution >= 4 is 17.2 Å². The van der Waals surface area contributed by atoms with E-state index in [0.29, 0.717) is 12.5 Å². The Kier molecular flexibility index (Phi) is 4.78. The molecule has 2 aromatic rings. The largest absolute Gasteiger partial charge is 0.497 e. The molecule has 116 valence electrons. The highest BCUT2D eigenvalue weighted by Gasteiger charge is 2.29. The van der Waals surface area contributed by atoms with Crippen molar-refractivity contribution in [1.29, 1.82) is 0 Å². The lowest BCUT2D eigenvalue weighted by Crippen LogP contribution is -2.30. The van der Waals surface area contributed by atoms with Crippen LogP contribution < -0.4 is 4.74 Å². The van der Waals surface area contributed by atoms with Crippen LogP contribution in [0.5, 0.6) is 5.75 Å². The van der Waals surface area contributed by atoms with Gasteiger partial charge in [0.25, 0.3) is 0 Å². The van der Waals surface area contributed by atoms with Crippen LogP contribution in [0.25, 0.3) is 0 Å². The summed E-state index contributed by atoms with van der Waals surface area (Å²) in [6.45, 7) is 0.893. The smallest absolute Gasteiger partial charge is 0.223 e. The number of benzene rings is 1. The Morgan fingerprint density at radius 2 is 2.14 bits per heavy atom. The van der Waals surface area contributed by atoms with Crippen molar-refractivity contribution in [2.24, 2.45) is 0 Å². The lowest BCUT2D eigenvalue weighted by atomic mass is 10.1. The van der Waals surface area contributed by atoms with Crippen LogP contribution in [-0.4, -0.2) is 24.5 Å². The second kappa shape index (κ2) is 6.97. The number of methoxy groups -OCH3 is 1. The van der Waals surface area contributed by atoms with Crippen molar-refractivity contribution in [3.63, 3.8) is 0 Å². The van der Waals surface area contributed by atoms with Crippen molar-refractivity contribution in [2.75, 3.05) is 13.7 Å². The third-order valence-corrected chi connectivity index (χ3v) is 5.20. The van der Waals surface area contributed by atoms with Gasteiger partial charge in [0.15, 0.2) is 0 Å². The SMILES string of the molecule is COc1ccc(CCC(=O)N2CCC[C@H]2c2cccs2)cc1. The summed E-state index contributed by atoms with van der Waals surface area (Å²) in [6, 6.07) is 12.5. The molecular formula is C18H21NO2S. The van der Waals surface area contributed by atoms with Gasteiger partial charge in [0.05, 0.1) is 13.2 Å². The van der Waals surface area contributed by atoms with E-state index in [1.165, 1.54) is 10.4 Å². The highest BCUT2D eigenvalue weighted by Crippen LogP contribution is 2.34. The van der Waals surface area contributed by atoms with Gasteiger partial charge in [-0.3, -0.25) is 4.79 Å². The first-order chi connectivity index (χ1) is 10.8. The molecule has 1 amide bonds. The number of likely N-dealkylation sites (tertiary alicyclic amines) is 1. The van der Waals surface area contributed by atoms with Crippen molar-refractivity contribution in [2.45, 2.75) is 31.7 Å². The molecular weight excluding hydrogens is 294 g/mol. The molecule has 0 radical (unpaired) electrons. The van der Waals surface area contributed by atoms with Crippen molar-refractivity contribution in [3.8, 4) is 5.75 Å². The summed E-state index contributed by atoms with van der Waals surface area (Å²) >= 11 is 1.75. The second-order valence-electron chi connectivity index (χ2n) is 5.61. The number of aryl methyl sites for hydroxylation is 1. The Morgan fingerprint density at radius 1 is 1.32 bits per heavy atom. The van der Waals surface area contributed by atoms with E-state index in [4.69, 9.17) is 4.74 Å². The van der Waals surface area contributed by atoms with Gasteiger partial charge in [0, 0.05) is 17.8 Å². The zero-order valence-corrected chi connectivity index (χ0v) is 13.6. The van der Waals surface area contributed by atoms with Crippen LogP contribution in [0.15, 0.2) is 41.8 Å². The zero-order chi connectivity index (χ0) is 15.4. The van der Waals surface area contributed by atoms with Crippen LogP contribution in [0.4, 0.5) is 0 Å². The van der Waals surface area contributed by atoms with E-state index < -0.39 is 0 Å². The van der Waals surface area contributed by atoms with E-state index >= 15 is 0 Å². The van der Waals surface area contributed by atoms with Crippen LogP contribution in [-0.2, 0) is 11.2 Å². The van der Waals surface area contributed by atoms with Crippen LogP contribution in [0.3, 0.4) is 0 Å². The minimum absolute atomic E-state index is 0.270. The van der Waals surface area contributed by atoms with Crippen LogP contribution in [0.2, 0.25) is 0 Å². The fourth-order valence-electron chi connectivity index (χ4n) is 3.03. The van der Waals surface area contributed by atoms with Crippen LogP contribution in [0, 0.1) is 0 Å². The lowest BCUT2D eigenvalue weighted by Gasteiger charge is -2.24.